The fraction of sp³-hybridized carbons (Fsp3) is 0.261. The zero-order valence-electron chi connectivity index (χ0n) is 17.9. The van der Waals surface area contributed by atoms with Crippen LogP contribution in [0.3, 0.4) is 0 Å². The van der Waals surface area contributed by atoms with E-state index in [2.05, 4.69) is 14.8 Å². The number of nitrogens with zero attached hydrogens (tertiary/aromatic N) is 3. The first-order valence-corrected chi connectivity index (χ1v) is 11.0. The Morgan fingerprint density at radius 2 is 2.00 bits per heavy atom. The number of halogens is 1. The van der Waals surface area contributed by atoms with Crippen molar-refractivity contribution < 1.29 is 22.8 Å². The molecule has 0 saturated carbocycles. The second kappa shape index (κ2) is 9.44. The molecule has 0 saturated heterocycles. The van der Waals surface area contributed by atoms with E-state index in [1.54, 1.807) is 13.2 Å². The molecule has 0 unspecified atom stereocenters. The Morgan fingerprint density at radius 3 is 2.72 bits per heavy atom. The van der Waals surface area contributed by atoms with Crippen LogP contribution in [0.25, 0.3) is 0 Å². The maximum absolute atomic E-state index is 13.0. The first-order chi connectivity index (χ1) is 15.4. The van der Waals surface area contributed by atoms with E-state index in [9.17, 15) is 9.18 Å². The second-order valence-electron chi connectivity index (χ2n) is 7.28. The minimum Gasteiger partial charge on any atom is -0.481 e. The van der Waals surface area contributed by atoms with Gasteiger partial charge in [-0.15, -0.1) is 10.2 Å². The highest BCUT2D eigenvalue weighted by atomic mass is 32.2. The lowest BCUT2D eigenvalue weighted by molar-refractivity contribution is 0.102. The van der Waals surface area contributed by atoms with Gasteiger partial charge in [-0.05, 0) is 63.2 Å². The maximum atomic E-state index is 13.0. The molecule has 9 heteroatoms. The smallest absolute Gasteiger partial charge is 0.277 e. The average molecular weight is 456 g/mol. The Labute approximate surface area is 188 Å². The summed E-state index contributed by atoms with van der Waals surface area (Å²) < 4.78 is 31.8. The van der Waals surface area contributed by atoms with Crippen LogP contribution < -0.4 is 4.74 Å². The SMILES string of the molecule is Cc1cc(C(=O)CSc2nnc([C@@H](C)Oc3ccc(F)cc3)o2)c(C)n1Cc1ccco1. The molecule has 1 atom stereocenters. The number of thioether (sulfide) groups is 1. The van der Waals surface area contributed by atoms with Crippen molar-refractivity contribution in [2.45, 2.75) is 38.6 Å². The molecule has 0 amide bonds. The minimum absolute atomic E-state index is 0.0239. The fourth-order valence-corrected chi connectivity index (χ4v) is 3.95. The predicted molar refractivity (Wildman–Crippen MR) is 117 cm³/mol. The molecule has 1 aromatic carbocycles. The van der Waals surface area contributed by atoms with Crippen LogP contribution in [-0.2, 0) is 6.54 Å². The summed E-state index contributed by atoms with van der Waals surface area (Å²) in [5.74, 6) is 1.40. The third-order valence-electron chi connectivity index (χ3n) is 4.99. The molecule has 3 heterocycles. The van der Waals surface area contributed by atoms with E-state index in [1.807, 2.05) is 32.0 Å². The van der Waals surface area contributed by atoms with Crippen molar-refractivity contribution in [3.63, 3.8) is 0 Å². The lowest BCUT2D eigenvalue weighted by Crippen LogP contribution is -2.07. The number of ketones is 1. The van der Waals surface area contributed by atoms with Gasteiger partial charge in [-0.25, -0.2) is 4.39 Å². The molecule has 166 valence electrons. The van der Waals surface area contributed by atoms with Crippen LogP contribution in [0, 0.1) is 19.7 Å². The molecule has 4 aromatic rings. The number of hydrogen-bond acceptors (Lipinski definition) is 7. The number of aromatic nitrogens is 3. The van der Waals surface area contributed by atoms with E-state index in [-0.39, 0.29) is 28.5 Å². The van der Waals surface area contributed by atoms with E-state index in [1.165, 1.54) is 36.0 Å². The van der Waals surface area contributed by atoms with Crippen LogP contribution in [0.2, 0.25) is 0 Å². The molecule has 0 aliphatic carbocycles. The van der Waals surface area contributed by atoms with Crippen molar-refractivity contribution in [2.24, 2.45) is 0 Å². The van der Waals surface area contributed by atoms with Crippen LogP contribution >= 0.6 is 11.8 Å². The van der Waals surface area contributed by atoms with Gasteiger partial charge in [0.2, 0.25) is 0 Å². The van der Waals surface area contributed by atoms with E-state index in [0.29, 0.717) is 17.9 Å². The van der Waals surface area contributed by atoms with Crippen molar-refractivity contribution >= 4 is 17.5 Å². The van der Waals surface area contributed by atoms with E-state index in [0.717, 1.165) is 17.1 Å². The topological polar surface area (TPSA) is 83.3 Å². The van der Waals surface area contributed by atoms with Crippen molar-refractivity contribution in [3.8, 4) is 5.75 Å². The number of rotatable bonds is 9. The molecule has 0 fully saturated rings. The summed E-state index contributed by atoms with van der Waals surface area (Å²) in [6, 6.07) is 11.3. The van der Waals surface area contributed by atoms with Gasteiger partial charge >= 0.3 is 0 Å². The quantitative estimate of drug-likeness (QED) is 0.247. The molecule has 0 radical (unpaired) electrons. The van der Waals surface area contributed by atoms with Crippen LogP contribution in [-0.4, -0.2) is 26.3 Å². The number of carbonyl (C=O) groups excluding carboxylic acids is 1. The summed E-state index contributed by atoms with van der Waals surface area (Å²) in [4.78, 5) is 12.8. The van der Waals surface area contributed by atoms with Gasteiger partial charge in [0.15, 0.2) is 11.9 Å². The monoisotopic (exact) mass is 455 g/mol. The van der Waals surface area contributed by atoms with E-state index in [4.69, 9.17) is 13.6 Å². The first-order valence-electron chi connectivity index (χ1n) is 10.0. The summed E-state index contributed by atoms with van der Waals surface area (Å²) in [6.07, 6.45) is 1.12. The highest BCUT2D eigenvalue weighted by Gasteiger charge is 2.20. The summed E-state index contributed by atoms with van der Waals surface area (Å²) in [5.41, 5.74) is 2.53. The van der Waals surface area contributed by atoms with Gasteiger partial charge in [0, 0.05) is 17.0 Å². The molecular formula is C23H22FN3O4S. The number of aryl methyl sites for hydroxylation is 1. The van der Waals surface area contributed by atoms with Gasteiger partial charge in [-0.3, -0.25) is 4.79 Å². The lowest BCUT2D eigenvalue weighted by Gasteiger charge is -2.10. The molecule has 0 bridgehead atoms. The number of ether oxygens (including phenoxy) is 1. The number of furan rings is 1. The maximum Gasteiger partial charge on any atom is 0.277 e. The predicted octanol–water partition coefficient (Wildman–Crippen LogP) is 5.38. The molecular weight excluding hydrogens is 433 g/mol. The molecule has 0 spiro atoms. The summed E-state index contributed by atoms with van der Waals surface area (Å²) >= 11 is 1.18. The summed E-state index contributed by atoms with van der Waals surface area (Å²) in [7, 11) is 0. The Morgan fingerprint density at radius 1 is 1.22 bits per heavy atom. The van der Waals surface area contributed by atoms with Gasteiger partial charge in [-0.2, -0.15) is 0 Å². The molecule has 7 nitrogen and oxygen atoms in total. The molecule has 0 N–H and O–H groups in total. The minimum atomic E-state index is -0.515. The molecule has 3 aromatic heterocycles. The summed E-state index contributed by atoms with van der Waals surface area (Å²) in [5, 5.41) is 8.27. The van der Waals surface area contributed by atoms with Crippen LogP contribution in [0.4, 0.5) is 4.39 Å². The zero-order chi connectivity index (χ0) is 22.7. The first kappa shape index (κ1) is 21.9. The van der Waals surface area contributed by atoms with Gasteiger partial charge in [0.1, 0.15) is 17.3 Å². The lowest BCUT2D eigenvalue weighted by atomic mass is 10.2. The van der Waals surface area contributed by atoms with Crippen molar-refractivity contribution in [3.05, 3.63) is 83.1 Å². The van der Waals surface area contributed by atoms with E-state index >= 15 is 0 Å². The Balaban J connectivity index is 1.36. The third-order valence-corrected chi connectivity index (χ3v) is 5.81. The normalized spacial score (nSPS) is 12.1. The van der Waals surface area contributed by atoms with Crippen molar-refractivity contribution in [1.82, 2.24) is 14.8 Å². The van der Waals surface area contributed by atoms with Crippen molar-refractivity contribution in [1.29, 1.82) is 0 Å². The van der Waals surface area contributed by atoms with Gasteiger partial charge in [0.25, 0.3) is 11.1 Å². The van der Waals surface area contributed by atoms with Crippen LogP contribution in [0.15, 0.2) is 62.8 Å². The largest absolute Gasteiger partial charge is 0.481 e. The molecule has 32 heavy (non-hydrogen) atoms. The number of carbonyl (C=O) groups is 1. The Hall–Kier alpha value is -3.33. The molecule has 0 aliphatic rings. The zero-order valence-corrected chi connectivity index (χ0v) is 18.7. The standard InChI is InChI=1S/C23H22FN3O4S/c1-14-11-20(15(2)27(14)12-19-5-4-10-29-19)21(28)13-32-23-26-25-22(31-23)16(3)30-18-8-6-17(24)7-9-18/h4-11,16H,12-13H2,1-3H3/t16-/m1/s1. The van der Waals surface area contributed by atoms with Gasteiger partial charge in [-0.1, -0.05) is 11.8 Å². The van der Waals surface area contributed by atoms with Crippen LogP contribution in [0.1, 0.15) is 46.4 Å². The highest BCUT2D eigenvalue weighted by molar-refractivity contribution is 7.99. The van der Waals surface area contributed by atoms with Gasteiger partial charge < -0.3 is 18.1 Å². The summed E-state index contributed by atoms with van der Waals surface area (Å²) in [6.45, 7) is 6.22. The van der Waals surface area contributed by atoms with Gasteiger partial charge in [0.05, 0.1) is 18.6 Å². The highest BCUT2D eigenvalue weighted by Crippen LogP contribution is 2.26. The Kier molecular flexibility index (Phi) is 6.45. The number of hydrogen-bond donors (Lipinski definition) is 0. The Bertz CT molecular complexity index is 1200. The number of Topliss-reactive ketones (excluding diaryl/α,β-unsaturated/α-hetero) is 1. The van der Waals surface area contributed by atoms with Crippen molar-refractivity contribution in [2.75, 3.05) is 5.75 Å². The molecule has 4 rings (SSSR count). The molecule has 0 aliphatic heterocycles. The van der Waals surface area contributed by atoms with Crippen LogP contribution in [0.5, 0.6) is 5.75 Å². The fourth-order valence-electron chi connectivity index (χ4n) is 3.30. The average Bonchev–Trinajstić information content (AvgIpc) is 3.52. The second-order valence-corrected chi connectivity index (χ2v) is 8.21. The third kappa shape index (κ3) is 4.94. The van der Waals surface area contributed by atoms with E-state index < -0.39 is 6.10 Å². The number of benzene rings is 1.